The van der Waals surface area contributed by atoms with Gasteiger partial charge in [-0.05, 0) is 19.1 Å². The lowest BCUT2D eigenvalue weighted by Crippen LogP contribution is -2.52. The molecule has 0 bridgehead atoms. The van der Waals surface area contributed by atoms with Crippen molar-refractivity contribution in [1.82, 2.24) is 30.2 Å². The van der Waals surface area contributed by atoms with E-state index < -0.39 is 0 Å². The minimum atomic E-state index is -0.0742. The van der Waals surface area contributed by atoms with E-state index in [0.29, 0.717) is 31.4 Å². The van der Waals surface area contributed by atoms with E-state index in [1.54, 1.807) is 35.6 Å². The summed E-state index contributed by atoms with van der Waals surface area (Å²) in [6.07, 6.45) is 5.15. The lowest BCUT2D eigenvalue weighted by atomic mass is 10.3. The van der Waals surface area contributed by atoms with E-state index in [1.165, 1.54) is 0 Å². The van der Waals surface area contributed by atoms with Crippen LogP contribution in [0, 0.1) is 6.92 Å². The van der Waals surface area contributed by atoms with E-state index in [-0.39, 0.29) is 6.03 Å². The Morgan fingerprint density at radius 3 is 2.57 bits per heavy atom. The first-order valence-corrected chi connectivity index (χ1v) is 7.55. The Morgan fingerprint density at radius 1 is 1.13 bits per heavy atom. The van der Waals surface area contributed by atoms with Gasteiger partial charge in [-0.2, -0.15) is 0 Å². The Morgan fingerprint density at radius 2 is 1.87 bits per heavy atom. The highest BCUT2D eigenvalue weighted by Crippen LogP contribution is 2.09. The van der Waals surface area contributed by atoms with Gasteiger partial charge in [-0.1, -0.05) is 0 Å². The molecule has 1 aliphatic heterocycles. The summed E-state index contributed by atoms with van der Waals surface area (Å²) in [6.45, 7) is 4.98. The fourth-order valence-corrected chi connectivity index (χ4v) is 2.45. The Bertz CT molecular complexity index is 656. The molecule has 8 nitrogen and oxygen atoms in total. The van der Waals surface area contributed by atoms with Crippen LogP contribution in [0.25, 0.3) is 0 Å². The Hall–Kier alpha value is -2.77. The summed E-state index contributed by atoms with van der Waals surface area (Å²) in [5.74, 6) is 1.41. The minimum absolute atomic E-state index is 0.0742. The second-order valence-electron chi connectivity index (χ2n) is 5.28. The smallest absolute Gasteiger partial charge is 0.317 e. The number of hydrogen-bond donors (Lipinski definition) is 1. The van der Waals surface area contributed by atoms with Gasteiger partial charge in [0.15, 0.2) is 0 Å². The molecule has 23 heavy (non-hydrogen) atoms. The lowest BCUT2D eigenvalue weighted by molar-refractivity contribution is 0.193. The Balaban J connectivity index is 1.48. The van der Waals surface area contributed by atoms with E-state index in [4.69, 9.17) is 0 Å². The largest absolute Gasteiger partial charge is 0.337 e. The first-order valence-electron chi connectivity index (χ1n) is 7.55. The second kappa shape index (κ2) is 6.99. The quantitative estimate of drug-likeness (QED) is 0.893. The van der Waals surface area contributed by atoms with E-state index in [0.717, 1.165) is 18.8 Å². The zero-order valence-electron chi connectivity index (χ0n) is 13.0. The van der Waals surface area contributed by atoms with E-state index >= 15 is 0 Å². The average molecular weight is 313 g/mol. The maximum Gasteiger partial charge on any atom is 0.317 e. The second-order valence-corrected chi connectivity index (χ2v) is 5.28. The van der Waals surface area contributed by atoms with Gasteiger partial charge < -0.3 is 15.1 Å². The van der Waals surface area contributed by atoms with E-state index in [1.807, 2.05) is 6.92 Å². The highest BCUT2D eigenvalue weighted by atomic mass is 16.2. The summed E-state index contributed by atoms with van der Waals surface area (Å²) in [5.41, 5.74) is 0.808. The molecule has 0 unspecified atom stereocenters. The summed E-state index contributed by atoms with van der Waals surface area (Å²) in [5, 5.41) is 2.90. The highest BCUT2D eigenvalue weighted by molar-refractivity contribution is 5.74. The molecule has 3 rings (SSSR count). The molecule has 8 heteroatoms. The summed E-state index contributed by atoms with van der Waals surface area (Å²) < 4.78 is 0. The maximum atomic E-state index is 12.2. The standard InChI is InChI=1S/C15H19N7O/c1-12-16-6-3-13(20-12)11-19-15(23)22-9-7-21(8-10-22)14-17-4-2-5-18-14/h2-6H,7-11H2,1H3,(H,19,23). The molecule has 0 spiro atoms. The van der Waals surface area contributed by atoms with Crippen LogP contribution in [0.1, 0.15) is 11.5 Å². The third kappa shape index (κ3) is 3.91. The zero-order valence-corrected chi connectivity index (χ0v) is 13.0. The first-order chi connectivity index (χ1) is 11.2. The van der Waals surface area contributed by atoms with Crippen LogP contribution in [-0.2, 0) is 6.54 Å². The number of aromatic nitrogens is 4. The number of piperazine rings is 1. The molecule has 3 heterocycles. The van der Waals surface area contributed by atoms with E-state index in [2.05, 4.69) is 30.2 Å². The number of carbonyl (C=O) groups excluding carboxylic acids is 1. The fraction of sp³-hybridized carbons (Fsp3) is 0.400. The van der Waals surface area contributed by atoms with Crippen molar-refractivity contribution in [3.63, 3.8) is 0 Å². The number of anilines is 1. The van der Waals surface area contributed by atoms with Crippen LogP contribution in [0.2, 0.25) is 0 Å². The molecular weight excluding hydrogens is 294 g/mol. The van der Waals surface area contributed by atoms with Gasteiger partial charge in [-0.15, -0.1) is 0 Å². The molecule has 2 aromatic rings. The topological polar surface area (TPSA) is 87.1 Å². The third-order valence-electron chi connectivity index (χ3n) is 3.66. The Labute approximate surface area is 134 Å². The number of urea groups is 1. The molecule has 120 valence electrons. The van der Waals surface area contributed by atoms with Crippen LogP contribution < -0.4 is 10.2 Å². The van der Waals surface area contributed by atoms with E-state index in [9.17, 15) is 4.79 Å². The normalized spacial score (nSPS) is 14.7. The van der Waals surface area contributed by atoms with Crippen LogP contribution in [0.5, 0.6) is 0 Å². The lowest BCUT2D eigenvalue weighted by Gasteiger charge is -2.34. The molecule has 1 saturated heterocycles. The van der Waals surface area contributed by atoms with Gasteiger partial charge in [0.1, 0.15) is 5.82 Å². The van der Waals surface area contributed by atoms with Gasteiger partial charge in [-0.3, -0.25) is 0 Å². The first kappa shape index (κ1) is 15.1. The van der Waals surface area contributed by atoms with Crippen LogP contribution >= 0.6 is 0 Å². The van der Waals surface area contributed by atoms with Gasteiger partial charge in [0.05, 0.1) is 12.2 Å². The van der Waals surface area contributed by atoms with Crippen molar-refractivity contribution in [3.8, 4) is 0 Å². The van der Waals surface area contributed by atoms with Gasteiger partial charge >= 0.3 is 6.03 Å². The molecular formula is C15H19N7O. The van der Waals surface area contributed by atoms with Crippen LogP contribution in [0.3, 0.4) is 0 Å². The van der Waals surface area contributed by atoms with Gasteiger partial charge in [0.2, 0.25) is 5.95 Å². The van der Waals surface area contributed by atoms with Crippen LogP contribution in [0.4, 0.5) is 10.7 Å². The number of amides is 2. The number of rotatable bonds is 3. The van der Waals surface area contributed by atoms with Crippen molar-refractivity contribution in [2.45, 2.75) is 13.5 Å². The predicted molar refractivity (Wildman–Crippen MR) is 84.8 cm³/mol. The number of hydrogen-bond acceptors (Lipinski definition) is 6. The molecule has 0 aromatic carbocycles. The summed E-state index contributed by atoms with van der Waals surface area (Å²) in [7, 11) is 0. The number of nitrogens with one attached hydrogen (secondary N) is 1. The molecule has 1 aliphatic rings. The molecule has 2 aromatic heterocycles. The monoisotopic (exact) mass is 313 g/mol. The zero-order chi connectivity index (χ0) is 16.1. The SMILES string of the molecule is Cc1nccc(CNC(=O)N2CCN(c3ncccn3)CC2)n1. The van der Waals surface area contributed by atoms with Crippen molar-refractivity contribution in [1.29, 1.82) is 0 Å². The van der Waals surface area contributed by atoms with Crippen molar-refractivity contribution < 1.29 is 4.79 Å². The molecule has 2 amide bonds. The molecule has 1 N–H and O–H groups in total. The van der Waals surface area contributed by atoms with Crippen molar-refractivity contribution in [2.24, 2.45) is 0 Å². The number of nitrogens with zero attached hydrogens (tertiary/aromatic N) is 6. The maximum absolute atomic E-state index is 12.2. The number of aryl methyl sites for hydroxylation is 1. The highest BCUT2D eigenvalue weighted by Gasteiger charge is 2.22. The molecule has 1 fully saturated rings. The van der Waals surface area contributed by atoms with Gasteiger partial charge in [0, 0.05) is 44.8 Å². The third-order valence-corrected chi connectivity index (χ3v) is 3.66. The molecule has 0 aliphatic carbocycles. The van der Waals surface area contributed by atoms with Crippen molar-refractivity contribution in [3.05, 3.63) is 42.2 Å². The Kier molecular flexibility index (Phi) is 4.60. The fourth-order valence-electron chi connectivity index (χ4n) is 2.45. The number of carbonyl (C=O) groups is 1. The molecule has 0 atom stereocenters. The van der Waals surface area contributed by atoms with Crippen LogP contribution in [0.15, 0.2) is 30.7 Å². The van der Waals surface area contributed by atoms with Crippen molar-refractivity contribution in [2.75, 3.05) is 31.1 Å². The summed E-state index contributed by atoms with van der Waals surface area (Å²) in [6, 6.07) is 3.52. The minimum Gasteiger partial charge on any atom is -0.337 e. The average Bonchev–Trinajstić information content (AvgIpc) is 2.61. The predicted octanol–water partition coefficient (Wildman–Crippen LogP) is 0.607. The van der Waals surface area contributed by atoms with Crippen LogP contribution in [-0.4, -0.2) is 57.0 Å². The summed E-state index contributed by atoms with van der Waals surface area (Å²) in [4.78, 5) is 32.9. The van der Waals surface area contributed by atoms with Crippen molar-refractivity contribution >= 4 is 12.0 Å². The molecule has 0 saturated carbocycles. The van der Waals surface area contributed by atoms with Gasteiger partial charge in [0.25, 0.3) is 0 Å². The molecule has 0 radical (unpaired) electrons. The summed E-state index contributed by atoms with van der Waals surface area (Å²) >= 11 is 0. The van der Waals surface area contributed by atoms with Gasteiger partial charge in [-0.25, -0.2) is 24.7 Å².